The third kappa shape index (κ3) is 3.67. The first kappa shape index (κ1) is 17.8. The quantitative estimate of drug-likeness (QED) is 0.499. The number of hydrogen-bond acceptors (Lipinski definition) is 5. The van der Waals surface area contributed by atoms with Gasteiger partial charge in [-0.1, -0.05) is 13.3 Å². The number of benzene rings is 1. The highest BCUT2D eigenvalue weighted by Gasteiger charge is 2.19. The topological polar surface area (TPSA) is 70.8 Å². The summed E-state index contributed by atoms with van der Waals surface area (Å²) in [4.78, 5) is 26.0. The Morgan fingerprint density at radius 2 is 2.04 bits per heavy atom. The summed E-state index contributed by atoms with van der Waals surface area (Å²) in [5, 5.41) is 11.2. The van der Waals surface area contributed by atoms with Gasteiger partial charge in [0.15, 0.2) is 5.78 Å². The number of phenols is 1. The summed E-state index contributed by atoms with van der Waals surface area (Å²) >= 11 is 0. The fourth-order valence-electron chi connectivity index (χ4n) is 2.69. The van der Waals surface area contributed by atoms with Crippen LogP contribution >= 0.6 is 0 Å². The molecule has 0 aliphatic heterocycles. The first-order valence-electron chi connectivity index (χ1n) is 8.03. The summed E-state index contributed by atoms with van der Waals surface area (Å²) in [5.74, 6) is -0.401. The zero-order chi connectivity index (χ0) is 17.9. The van der Waals surface area contributed by atoms with E-state index in [1.54, 1.807) is 24.1 Å². The molecule has 0 atom stereocenters. The fraction of sp³-hybridized carbons (Fsp3) is 0.368. The van der Waals surface area contributed by atoms with Crippen LogP contribution in [0, 0.1) is 6.92 Å². The van der Waals surface area contributed by atoms with Gasteiger partial charge in [-0.05, 0) is 37.0 Å². The van der Waals surface area contributed by atoms with Crippen molar-refractivity contribution in [1.29, 1.82) is 0 Å². The largest absolute Gasteiger partial charge is 0.506 e. The number of carbonyl (C=O) groups is 1. The van der Waals surface area contributed by atoms with Crippen molar-refractivity contribution in [2.75, 3.05) is 14.1 Å². The number of carbonyl (C=O) groups excluding carboxylic acids is 1. The molecule has 2 rings (SSSR count). The maximum absolute atomic E-state index is 12.5. The molecule has 24 heavy (non-hydrogen) atoms. The normalized spacial score (nSPS) is 11.3. The van der Waals surface area contributed by atoms with Crippen LogP contribution in [0.3, 0.4) is 0 Å². The summed E-state index contributed by atoms with van der Waals surface area (Å²) in [5.41, 5.74) is 1.40. The van der Waals surface area contributed by atoms with Gasteiger partial charge < -0.3 is 14.4 Å². The molecule has 0 aliphatic carbocycles. The number of rotatable bonds is 6. The summed E-state index contributed by atoms with van der Waals surface area (Å²) in [6, 6.07) is 3.04. The highest BCUT2D eigenvalue weighted by atomic mass is 16.4. The second-order valence-electron chi connectivity index (χ2n) is 6.13. The van der Waals surface area contributed by atoms with Crippen LogP contribution in [0.25, 0.3) is 11.0 Å². The molecule has 1 heterocycles. The highest BCUT2D eigenvalue weighted by molar-refractivity contribution is 6.11. The van der Waals surface area contributed by atoms with Crippen molar-refractivity contribution in [2.24, 2.45) is 0 Å². The Hall–Kier alpha value is -2.56. The lowest BCUT2D eigenvalue weighted by Crippen LogP contribution is -2.06. The van der Waals surface area contributed by atoms with Gasteiger partial charge in [0.1, 0.15) is 11.3 Å². The van der Waals surface area contributed by atoms with Crippen molar-refractivity contribution in [3.8, 4) is 5.75 Å². The predicted octanol–water partition coefficient (Wildman–Crippen LogP) is 3.41. The monoisotopic (exact) mass is 329 g/mol. The number of aryl methyl sites for hydroxylation is 2. The van der Waals surface area contributed by atoms with E-state index in [-0.39, 0.29) is 17.1 Å². The zero-order valence-electron chi connectivity index (χ0n) is 14.5. The van der Waals surface area contributed by atoms with Crippen LogP contribution in [0.15, 0.2) is 33.6 Å². The van der Waals surface area contributed by atoms with E-state index in [1.165, 1.54) is 12.1 Å². The minimum Gasteiger partial charge on any atom is -0.506 e. The van der Waals surface area contributed by atoms with Crippen LogP contribution in [0.1, 0.15) is 41.3 Å². The predicted molar refractivity (Wildman–Crippen MR) is 94.7 cm³/mol. The number of phenolic OH excluding ortho intramolecular Hbond substituents is 1. The van der Waals surface area contributed by atoms with Gasteiger partial charge in [-0.25, -0.2) is 4.79 Å². The molecule has 0 bridgehead atoms. The number of nitrogens with zero attached hydrogens (tertiary/aromatic N) is 1. The standard InChI is InChI=1S/C19H23NO4/c1-5-6-7-13-11-16(22)24-15-10-12(2)17(19(23)18(13)15)14(21)8-9-20(3)4/h8-11,23H,5-7H2,1-4H3. The number of unbranched alkanes of at least 4 members (excludes halogenated alkanes) is 1. The first-order chi connectivity index (χ1) is 11.3. The van der Waals surface area contributed by atoms with Crippen LogP contribution in [-0.4, -0.2) is 29.9 Å². The highest BCUT2D eigenvalue weighted by Crippen LogP contribution is 2.34. The smallest absolute Gasteiger partial charge is 0.336 e. The Morgan fingerprint density at radius 3 is 2.67 bits per heavy atom. The third-order valence-corrected chi connectivity index (χ3v) is 3.86. The second-order valence-corrected chi connectivity index (χ2v) is 6.13. The molecule has 0 aliphatic rings. The molecule has 0 spiro atoms. The number of ketones is 1. The van der Waals surface area contributed by atoms with Crippen LogP contribution in [-0.2, 0) is 6.42 Å². The van der Waals surface area contributed by atoms with E-state index in [2.05, 4.69) is 6.92 Å². The van der Waals surface area contributed by atoms with Gasteiger partial charge in [0.2, 0.25) is 0 Å². The second kappa shape index (κ2) is 7.34. The Kier molecular flexibility index (Phi) is 5.44. The lowest BCUT2D eigenvalue weighted by molar-refractivity contribution is 0.104. The Bertz CT molecular complexity index is 847. The number of aromatic hydroxyl groups is 1. The molecular weight excluding hydrogens is 306 g/mol. The van der Waals surface area contributed by atoms with Gasteiger partial charge >= 0.3 is 5.63 Å². The summed E-state index contributed by atoms with van der Waals surface area (Å²) in [7, 11) is 3.63. The average molecular weight is 329 g/mol. The van der Waals surface area contributed by atoms with Crippen molar-refractivity contribution >= 4 is 16.8 Å². The molecule has 0 saturated carbocycles. The molecule has 5 heteroatoms. The molecule has 128 valence electrons. The van der Waals surface area contributed by atoms with Gasteiger partial charge in [-0.15, -0.1) is 0 Å². The van der Waals surface area contributed by atoms with Gasteiger partial charge in [0.25, 0.3) is 0 Å². The number of fused-ring (bicyclic) bond motifs is 1. The SMILES string of the molecule is CCCCc1cc(=O)oc2cc(C)c(C(=O)C=CN(C)C)c(O)c12. The van der Waals surface area contributed by atoms with Gasteiger partial charge in [0.05, 0.1) is 10.9 Å². The fourth-order valence-corrected chi connectivity index (χ4v) is 2.69. The van der Waals surface area contributed by atoms with Crippen molar-refractivity contribution in [1.82, 2.24) is 4.90 Å². The van der Waals surface area contributed by atoms with E-state index in [4.69, 9.17) is 4.42 Å². The van der Waals surface area contributed by atoms with E-state index in [0.717, 1.165) is 12.8 Å². The number of hydrogen-bond donors (Lipinski definition) is 1. The molecule has 0 amide bonds. The third-order valence-electron chi connectivity index (χ3n) is 3.86. The molecule has 5 nitrogen and oxygen atoms in total. The molecule has 1 aromatic carbocycles. The molecule has 2 aromatic rings. The molecule has 0 fully saturated rings. The van der Waals surface area contributed by atoms with Crippen LogP contribution in [0.2, 0.25) is 0 Å². The van der Waals surface area contributed by atoms with E-state index in [1.807, 2.05) is 14.1 Å². The van der Waals surface area contributed by atoms with Crippen molar-refractivity contribution in [2.45, 2.75) is 33.1 Å². The van der Waals surface area contributed by atoms with Gasteiger partial charge in [0, 0.05) is 32.4 Å². The van der Waals surface area contributed by atoms with Crippen molar-refractivity contribution < 1.29 is 14.3 Å². The van der Waals surface area contributed by atoms with Crippen LogP contribution in [0.5, 0.6) is 5.75 Å². The molecule has 1 aromatic heterocycles. The zero-order valence-corrected chi connectivity index (χ0v) is 14.5. The molecular formula is C19H23NO4. The minimum atomic E-state index is -0.445. The van der Waals surface area contributed by atoms with Gasteiger partial charge in [-0.3, -0.25) is 4.79 Å². The Labute approximate surface area is 141 Å². The van der Waals surface area contributed by atoms with Crippen molar-refractivity contribution in [3.05, 3.63) is 51.5 Å². The lowest BCUT2D eigenvalue weighted by atomic mass is 9.96. The summed E-state index contributed by atoms with van der Waals surface area (Å²) in [6.07, 6.45) is 5.55. The molecule has 0 saturated heterocycles. The van der Waals surface area contributed by atoms with Gasteiger partial charge in [-0.2, -0.15) is 0 Å². The Balaban J connectivity index is 2.68. The maximum atomic E-state index is 12.5. The van der Waals surface area contributed by atoms with E-state index in [0.29, 0.717) is 28.5 Å². The van der Waals surface area contributed by atoms with Crippen molar-refractivity contribution in [3.63, 3.8) is 0 Å². The minimum absolute atomic E-state index is 0.117. The lowest BCUT2D eigenvalue weighted by Gasteiger charge is -2.12. The Morgan fingerprint density at radius 1 is 1.33 bits per heavy atom. The van der Waals surface area contributed by atoms with Crippen LogP contribution < -0.4 is 5.63 Å². The van der Waals surface area contributed by atoms with E-state index in [9.17, 15) is 14.7 Å². The average Bonchev–Trinajstić information content (AvgIpc) is 2.49. The summed E-state index contributed by atoms with van der Waals surface area (Å²) < 4.78 is 5.22. The molecule has 1 N–H and O–H groups in total. The maximum Gasteiger partial charge on any atom is 0.336 e. The molecule has 0 radical (unpaired) electrons. The van der Waals surface area contributed by atoms with Crippen LogP contribution in [0.4, 0.5) is 0 Å². The first-order valence-corrected chi connectivity index (χ1v) is 8.03. The number of allylic oxidation sites excluding steroid dienone is 1. The van der Waals surface area contributed by atoms with E-state index < -0.39 is 5.63 Å². The van der Waals surface area contributed by atoms with E-state index >= 15 is 0 Å². The molecule has 0 unspecified atom stereocenters. The summed E-state index contributed by atoms with van der Waals surface area (Å²) in [6.45, 7) is 3.77.